The molecule has 3 heteroatoms. The molecule has 0 aliphatic carbocycles. The van der Waals surface area contributed by atoms with E-state index >= 15 is 0 Å². The molecule has 0 aliphatic heterocycles. The van der Waals surface area contributed by atoms with Crippen LogP contribution in [0.15, 0.2) is 0 Å². The van der Waals surface area contributed by atoms with Crippen LogP contribution in [0, 0.1) is 0 Å². The summed E-state index contributed by atoms with van der Waals surface area (Å²) in [6, 6.07) is 0. The van der Waals surface area contributed by atoms with E-state index in [1.807, 2.05) is 0 Å². The summed E-state index contributed by atoms with van der Waals surface area (Å²) in [7, 11) is 0. The number of aliphatic hydroxyl groups is 2. The van der Waals surface area contributed by atoms with E-state index in [1.54, 1.807) is 0 Å². The van der Waals surface area contributed by atoms with E-state index in [-0.39, 0.29) is 10.2 Å². The van der Waals surface area contributed by atoms with Gasteiger partial charge >= 0.3 is 59.4 Å². The fraction of sp³-hybridized carbons (Fsp3) is 1.00. The van der Waals surface area contributed by atoms with Gasteiger partial charge in [-0.3, -0.25) is 0 Å². The summed E-state index contributed by atoms with van der Waals surface area (Å²) in [5.41, 5.74) is 0. The van der Waals surface area contributed by atoms with Gasteiger partial charge in [-0.05, 0) is 0 Å². The van der Waals surface area contributed by atoms with Crippen LogP contribution in [0.5, 0.6) is 0 Å². The Morgan fingerprint density at radius 1 is 1.57 bits per heavy atom. The van der Waals surface area contributed by atoms with Crippen molar-refractivity contribution in [3.05, 3.63) is 0 Å². The summed E-state index contributed by atoms with van der Waals surface area (Å²) < 4.78 is -0.0628. The molecule has 0 radical (unpaired) electrons. The summed E-state index contributed by atoms with van der Waals surface area (Å²) in [6.45, 7) is 0.217. The second-order valence-corrected chi connectivity index (χ2v) is 5.18. The molecule has 0 aliphatic rings. The van der Waals surface area contributed by atoms with Gasteiger partial charge in [-0.15, -0.1) is 0 Å². The number of aliphatic hydroxyl groups excluding tert-OH is 2. The molecule has 0 heterocycles. The van der Waals surface area contributed by atoms with Gasteiger partial charge in [0.1, 0.15) is 0 Å². The zero-order valence-corrected chi connectivity index (χ0v) is 9.80. The third-order valence-corrected chi connectivity index (χ3v) is 2.28. The van der Waals surface area contributed by atoms with E-state index in [9.17, 15) is 0 Å². The van der Waals surface area contributed by atoms with E-state index in [1.165, 1.54) is 0 Å². The van der Waals surface area contributed by atoms with Crippen molar-refractivity contribution in [2.45, 2.75) is 16.5 Å². The van der Waals surface area contributed by atoms with Crippen molar-refractivity contribution in [2.75, 3.05) is 6.61 Å². The fourth-order valence-corrected chi connectivity index (χ4v) is 1.45. The molecular weight excluding hydrogens is 281 g/mol. The third-order valence-electron chi connectivity index (χ3n) is 0.695. The van der Waals surface area contributed by atoms with Gasteiger partial charge in [-0.1, -0.05) is 0 Å². The van der Waals surface area contributed by atoms with Crippen LogP contribution in [-0.2, 0) is 26.1 Å². The van der Waals surface area contributed by atoms with Crippen LogP contribution < -0.4 is 0 Å². The first-order valence-corrected chi connectivity index (χ1v) is 5.57. The van der Waals surface area contributed by atoms with Gasteiger partial charge in [0, 0.05) is 0 Å². The molecule has 39 valence electrons. The second kappa shape index (κ2) is 5.00. The SMILES string of the molecule is OCCC[CH](O)[Hg]. The summed E-state index contributed by atoms with van der Waals surface area (Å²) in [6.07, 6.45) is 1.55. The minimum atomic E-state index is -0.0628. The molecule has 0 aromatic carbocycles. The molecule has 0 aromatic heterocycles. The predicted octanol–water partition coefficient (Wildman–Crippen LogP) is -0.376. The van der Waals surface area contributed by atoms with Gasteiger partial charge in [0.2, 0.25) is 0 Å². The standard InChI is InChI=1S/C4H9O2.Hg/c5-3-1-2-4-6;/h3,5-6H,1-2,4H2;. The quantitative estimate of drug-likeness (QED) is 0.696. The molecule has 2 N–H and O–H groups in total. The Morgan fingerprint density at radius 3 is 2.29 bits per heavy atom. The maximum atomic E-state index is 8.66. The van der Waals surface area contributed by atoms with Crippen molar-refractivity contribution in [1.82, 2.24) is 0 Å². The van der Waals surface area contributed by atoms with E-state index < -0.39 is 0 Å². The van der Waals surface area contributed by atoms with Crippen LogP contribution in [0.3, 0.4) is 0 Å². The van der Waals surface area contributed by atoms with Crippen LogP contribution in [0.25, 0.3) is 0 Å². The predicted molar refractivity (Wildman–Crippen MR) is 22.3 cm³/mol. The maximum absolute atomic E-state index is 8.66. The Kier molecular flexibility index (Phi) is 5.61. The molecule has 0 saturated carbocycles. The van der Waals surface area contributed by atoms with Crippen LogP contribution in [-0.4, -0.2) is 20.4 Å². The van der Waals surface area contributed by atoms with Crippen molar-refractivity contribution < 1.29 is 36.3 Å². The minimum absolute atomic E-state index is 0.0628. The Balaban J connectivity index is 2.68. The Morgan fingerprint density at radius 2 is 2.14 bits per heavy atom. The number of hydrogen-bond acceptors (Lipinski definition) is 2. The zero-order chi connectivity index (χ0) is 5.70. The Labute approximate surface area is 59.5 Å². The molecule has 0 amide bonds. The molecule has 0 saturated heterocycles. The number of rotatable bonds is 3. The first-order valence-electron chi connectivity index (χ1n) is 2.39. The molecule has 1 atom stereocenters. The first kappa shape index (κ1) is 7.86. The molecular formula is C4H9HgO2. The molecule has 0 aromatic rings. The summed E-state index contributed by atoms with van der Waals surface area (Å²) >= 11 is 0.472. The van der Waals surface area contributed by atoms with Crippen molar-refractivity contribution in [2.24, 2.45) is 0 Å². The summed E-state index contributed by atoms with van der Waals surface area (Å²) in [4.78, 5) is 0. The van der Waals surface area contributed by atoms with Gasteiger partial charge in [-0.25, -0.2) is 0 Å². The van der Waals surface area contributed by atoms with Crippen LogP contribution in [0.4, 0.5) is 0 Å². The van der Waals surface area contributed by atoms with Crippen molar-refractivity contribution >= 4 is 0 Å². The average molecular weight is 290 g/mol. The van der Waals surface area contributed by atoms with Crippen molar-refractivity contribution in [3.8, 4) is 0 Å². The molecule has 7 heavy (non-hydrogen) atoms. The third kappa shape index (κ3) is 6.86. The van der Waals surface area contributed by atoms with E-state index in [0.29, 0.717) is 26.1 Å². The average Bonchev–Trinajstić information content (AvgIpc) is 1.61. The zero-order valence-electron chi connectivity index (χ0n) is 4.30. The topological polar surface area (TPSA) is 40.5 Å². The molecule has 0 spiro atoms. The van der Waals surface area contributed by atoms with Gasteiger partial charge in [-0.2, -0.15) is 0 Å². The van der Waals surface area contributed by atoms with Gasteiger partial charge in [0.15, 0.2) is 0 Å². The first-order chi connectivity index (χ1) is 3.27. The van der Waals surface area contributed by atoms with Crippen LogP contribution >= 0.6 is 0 Å². The Hall–Kier alpha value is 0.855. The molecule has 0 rings (SSSR count). The van der Waals surface area contributed by atoms with Gasteiger partial charge in [0.25, 0.3) is 0 Å². The summed E-state index contributed by atoms with van der Waals surface area (Å²) in [5.74, 6) is 0. The van der Waals surface area contributed by atoms with E-state index in [2.05, 4.69) is 0 Å². The van der Waals surface area contributed by atoms with Crippen LogP contribution in [0.1, 0.15) is 12.8 Å². The Bertz CT molecular complexity index is 38.7. The fourth-order valence-electron chi connectivity index (χ4n) is 0.327. The van der Waals surface area contributed by atoms with Crippen LogP contribution in [0.2, 0.25) is 0 Å². The van der Waals surface area contributed by atoms with Gasteiger partial charge in [0.05, 0.1) is 0 Å². The van der Waals surface area contributed by atoms with E-state index in [4.69, 9.17) is 10.2 Å². The monoisotopic (exact) mass is 291 g/mol. The van der Waals surface area contributed by atoms with Crippen molar-refractivity contribution in [3.63, 3.8) is 0 Å². The van der Waals surface area contributed by atoms with E-state index in [0.717, 1.165) is 12.8 Å². The summed E-state index contributed by atoms with van der Waals surface area (Å²) in [5, 5.41) is 16.9. The molecule has 2 nitrogen and oxygen atoms in total. The van der Waals surface area contributed by atoms with Gasteiger partial charge < -0.3 is 0 Å². The second-order valence-electron chi connectivity index (χ2n) is 1.52. The normalized spacial score (nSPS) is 14.3. The van der Waals surface area contributed by atoms with Crippen molar-refractivity contribution in [1.29, 1.82) is 0 Å². The molecule has 1 unspecified atom stereocenters. The molecule has 0 fully saturated rings. The number of hydrogen-bond donors (Lipinski definition) is 2. The molecule has 0 bridgehead atoms.